The van der Waals surface area contributed by atoms with Crippen molar-refractivity contribution in [2.45, 2.75) is 9.99 Å². The van der Waals surface area contributed by atoms with Crippen molar-refractivity contribution >= 4 is 63.6 Å². The molecule has 3 rings (SSSR count). The Kier molecular flexibility index (Phi) is 4.40. The van der Waals surface area contributed by atoms with Gasteiger partial charge in [-0.25, -0.2) is 0 Å². The van der Waals surface area contributed by atoms with Gasteiger partial charge >= 0.3 is 0 Å². The summed E-state index contributed by atoms with van der Waals surface area (Å²) in [6, 6.07) is 11.2. The van der Waals surface area contributed by atoms with Gasteiger partial charge in [-0.1, -0.05) is 47.3 Å². The Morgan fingerprint density at radius 3 is 2.67 bits per heavy atom. The second-order valence-corrected chi connectivity index (χ2v) is 7.30. The molecular weight excluding hydrogens is 346 g/mol. The number of carbonyl (C=O) groups excluding carboxylic acids is 1. The molecule has 0 saturated carbocycles. The van der Waals surface area contributed by atoms with Crippen LogP contribution in [0.1, 0.15) is 5.76 Å². The molecule has 21 heavy (non-hydrogen) atoms. The van der Waals surface area contributed by atoms with Crippen LogP contribution in [0, 0.1) is 0 Å². The molecule has 0 atom stereocenters. The molecule has 0 spiro atoms. The first-order valence-corrected chi connectivity index (χ1v) is 8.30. The molecule has 2 heterocycles. The number of hydrogen-bond donors (Lipinski definition) is 1. The highest BCUT2D eigenvalue weighted by atomic mass is 35.5. The van der Waals surface area contributed by atoms with E-state index in [0.717, 1.165) is 9.99 Å². The molecule has 1 fully saturated rings. The fourth-order valence-electron chi connectivity index (χ4n) is 1.64. The van der Waals surface area contributed by atoms with Crippen LogP contribution < -0.4 is 5.32 Å². The van der Waals surface area contributed by atoms with Crippen LogP contribution >= 0.6 is 47.3 Å². The highest BCUT2D eigenvalue weighted by molar-refractivity contribution is 8.26. The minimum absolute atomic E-state index is 0.187. The van der Waals surface area contributed by atoms with Gasteiger partial charge in [0.1, 0.15) is 10.1 Å². The molecule has 0 radical (unpaired) electrons. The fraction of sp³-hybridized carbons (Fsp3) is 0. The van der Waals surface area contributed by atoms with Crippen molar-refractivity contribution in [2.24, 2.45) is 0 Å². The molecule has 1 saturated heterocycles. The molecular formula is C14H8ClNO2S3. The largest absolute Gasteiger partial charge is 0.450 e. The van der Waals surface area contributed by atoms with Gasteiger partial charge in [0, 0.05) is 16.0 Å². The van der Waals surface area contributed by atoms with Crippen LogP contribution in [0.5, 0.6) is 0 Å². The van der Waals surface area contributed by atoms with E-state index in [-0.39, 0.29) is 5.91 Å². The molecule has 1 amide bonds. The second-order valence-electron chi connectivity index (χ2n) is 4.07. The number of amides is 1. The third-order valence-electron chi connectivity index (χ3n) is 2.55. The Hall–Kier alpha value is -1.21. The molecule has 2 aromatic rings. The van der Waals surface area contributed by atoms with Gasteiger partial charge in [0.05, 0.1) is 4.91 Å². The third kappa shape index (κ3) is 3.71. The quantitative estimate of drug-likeness (QED) is 0.646. The van der Waals surface area contributed by atoms with Gasteiger partial charge in [0.25, 0.3) is 5.91 Å². The van der Waals surface area contributed by atoms with Crippen LogP contribution in [0.2, 0.25) is 5.02 Å². The van der Waals surface area contributed by atoms with E-state index in [0.29, 0.717) is 20.0 Å². The van der Waals surface area contributed by atoms with Crippen molar-refractivity contribution in [3.63, 3.8) is 0 Å². The van der Waals surface area contributed by atoms with Gasteiger partial charge in [-0.2, -0.15) is 0 Å². The maximum atomic E-state index is 11.6. The van der Waals surface area contributed by atoms with Crippen molar-refractivity contribution in [3.05, 3.63) is 52.1 Å². The molecule has 1 aromatic carbocycles. The third-order valence-corrected chi connectivity index (χ3v) is 4.89. The standard InChI is InChI=1S/C14H8ClNO2S3/c15-8-1-4-10(5-2-8)20-12-6-3-9(18-12)7-11-13(17)16-14(19)21-11/h1-7H,(H,16,17,19). The lowest BCUT2D eigenvalue weighted by molar-refractivity contribution is -0.115. The number of furan rings is 1. The summed E-state index contributed by atoms with van der Waals surface area (Å²) in [6.45, 7) is 0. The molecule has 0 unspecified atom stereocenters. The summed E-state index contributed by atoms with van der Waals surface area (Å²) in [6.07, 6.45) is 1.69. The first-order chi connectivity index (χ1) is 10.1. The van der Waals surface area contributed by atoms with E-state index in [4.69, 9.17) is 28.2 Å². The fourth-order valence-corrected chi connectivity index (χ4v) is 3.56. The minimum atomic E-state index is -0.187. The Balaban J connectivity index is 1.74. The number of benzene rings is 1. The van der Waals surface area contributed by atoms with Crippen molar-refractivity contribution in [2.75, 3.05) is 0 Å². The highest BCUT2D eigenvalue weighted by Gasteiger charge is 2.22. The maximum absolute atomic E-state index is 11.6. The number of nitrogens with one attached hydrogen (secondary N) is 1. The zero-order chi connectivity index (χ0) is 14.8. The summed E-state index contributed by atoms with van der Waals surface area (Å²) in [5, 5.41) is 4.01. The predicted octanol–water partition coefficient (Wildman–Crippen LogP) is 4.57. The van der Waals surface area contributed by atoms with Crippen molar-refractivity contribution in [1.29, 1.82) is 0 Å². The first kappa shape index (κ1) is 14.7. The average molecular weight is 354 g/mol. The molecule has 1 N–H and O–H groups in total. The number of carbonyl (C=O) groups is 1. The zero-order valence-electron chi connectivity index (χ0n) is 10.5. The monoisotopic (exact) mass is 353 g/mol. The van der Waals surface area contributed by atoms with Gasteiger partial charge in [0.15, 0.2) is 5.09 Å². The van der Waals surface area contributed by atoms with E-state index >= 15 is 0 Å². The van der Waals surface area contributed by atoms with Crippen molar-refractivity contribution in [1.82, 2.24) is 5.32 Å². The van der Waals surface area contributed by atoms with Gasteiger partial charge in [0.2, 0.25) is 0 Å². The molecule has 7 heteroatoms. The van der Waals surface area contributed by atoms with E-state index in [1.54, 1.807) is 6.08 Å². The lowest BCUT2D eigenvalue weighted by atomic mass is 10.4. The maximum Gasteiger partial charge on any atom is 0.263 e. The smallest absolute Gasteiger partial charge is 0.263 e. The number of halogens is 1. The van der Waals surface area contributed by atoms with Crippen LogP contribution in [-0.4, -0.2) is 10.2 Å². The van der Waals surface area contributed by atoms with Gasteiger partial charge < -0.3 is 9.73 Å². The number of hydrogen-bond acceptors (Lipinski definition) is 5. The topological polar surface area (TPSA) is 42.2 Å². The van der Waals surface area contributed by atoms with Crippen LogP contribution in [0.3, 0.4) is 0 Å². The summed E-state index contributed by atoms with van der Waals surface area (Å²) >= 11 is 13.5. The highest BCUT2D eigenvalue weighted by Crippen LogP contribution is 2.32. The summed E-state index contributed by atoms with van der Waals surface area (Å²) < 4.78 is 6.15. The zero-order valence-corrected chi connectivity index (χ0v) is 13.7. The Morgan fingerprint density at radius 2 is 2.00 bits per heavy atom. The van der Waals surface area contributed by atoms with Gasteiger partial charge in [-0.05, 0) is 36.4 Å². The first-order valence-electron chi connectivity index (χ1n) is 5.88. The predicted molar refractivity (Wildman–Crippen MR) is 90.6 cm³/mol. The van der Waals surface area contributed by atoms with Crippen molar-refractivity contribution in [3.8, 4) is 0 Å². The molecule has 106 valence electrons. The lowest BCUT2D eigenvalue weighted by Crippen LogP contribution is -2.17. The van der Waals surface area contributed by atoms with Crippen LogP contribution in [0.25, 0.3) is 6.08 Å². The lowest BCUT2D eigenvalue weighted by Gasteiger charge is -1.97. The van der Waals surface area contributed by atoms with Crippen LogP contribution in [0.4, 0.5) is 0 Å². The normalized spacial score (nSPS) is 16.5. The van der Waals surface area contributed by atoms with E-state index in [1.165, 1.54) is 23.5 Å². The molecule has 0 bridgehead atoms. The Morgan fingerprint density at radius 1 is 1.24 bits per heavy atom. The Labute approximate surface area is 140 Å². The number of thioether (sulfide) groups is 1. The van der Waals surface area contributed by atoms with E-state index in [1.807, 2.05) is 36.4 Å². The average Bonchev–Trinajstić information content (AvgIpc) is 3.00. The minimum Gasteiger partial charge on any atom is -0.450 e. The Bertz CT molecular complexity index is 737. The molecule has 1 aliphatic rings. The van der Waals surface area contributed by atoms with E-state index < -0.39 is 0 Å². The number of rotatable bonds is 3. The van der Waals surface area contributed by atoms with Gasteiger partial charge in [-0.3, -0.25) is 4.79 Å². The summed E-state index contributed by atoms with van der Waals surface area (Å²) in [5.74, 6) is 0.433. The second kappa shape index (κ2) is 6.27. The molecule has 1 aromatic heterocycles. The molecule has 3 nitrogen and oxygen atoms in total. The van der Waals surface area contributed by atoms with E-state index in [2.05, 4.69) is 5.32 Å². The summed E-state index contributed by atoms with van der Waals surface area (Å²) in [4.78, 5) is 13.1. The SMILES string of the molecule is O=C1NC(=S)SC1=Cc1ccc(Sc2ccc(Cl)cc2)o1. The number of thiocarbonyl (C=S) groups is 1. The van der Waals surface area contributed by atoms with Crippen LogP contribution in [-0.2, 0) is 4.79 Å². The summed E-state index contributed by atoms with van der Waals surface area (Å²) in [5.41, 5.74) is 0. The van der Waals surface area contributed by atoms with Gasteiger partial charge in [-0.15, -0.1) is 0 Å². The molecule has 1 aliphatic heterocycles. The van der Waals surface area contributed by atoms with Crippen LogP contribution in [0.15, 0.2) is 55.7 Å². The summed E-state index contributed by atoms with van der Waals surface area (Å²) in [7, 11) is 0. The van der Waals surface area contributed by atoms with E-state index in [9.17, 15) is 4.79 Å². The van der Waals surface area contributed by atoms with Crippen molar-refractivity contribution < 1.29 is 9.21 Å². The molecule has 0 aliphatic carbocycles.